The Bertz CT molecular complexity index is 813. The SMILES string of the molecule is CCCOC(=O)c1cc(C=NN=Cc2ccc(OC=O)cc2)ccc1O. The molecule has 2 aromatic carbocycles. The topological polar surface area (TPSA) is 97.5 Å². The van der Waals surface area contributed by atoms with Gasteiger partial charge in [-0.3, -0.25) is 4.79 Å². The lowest BCUT2D eigenvalue weighted by Gasteiger charge is -2.05. The van der Waals surface area contributed by atoms with Crippen LogP contribution in [0.3, 0.4) is 0 Å². The maximum Gasteiger partial charge on any atom is 0.341 e. The molecule has 0 saturated carbocycles. The van der Waals surface area contributed by atoms with E-state index in [4.69, 9.17) is 9.47 Å². The Labute approximate surface area is 150 Å². The Morgan fingerprint density at radius 3 is 2.38 bits per heavy atom. The van der Waals surface area contributed by atoms with Crippen LogP contribution in [0.1, 0.15) is 34.8 Å². The quantitative estimate of drug-likeness (QED) is 0.340. The Balaban J connectivity index is 2.03. The molecule has 0 aliphatic rings. The first kappa shape index (κ1) is 18.9. The highest BCUT2D eigenvalue weighted by atomic mass is 16.5. The number of hydrogen-bond donors (Lipinski definition) is 1. The molecule has 0 atom stereocenters. The van der Waals surface area contributed by atoms with Crippen LogP contribution in [-0.2, 0) is 9.53 Å². The predicted molar refractivity (Wildman–Crippen MR) is 97.0 cm³/mol. The monoisotopic (exact) mass is 354 g/mol. The number of phenolic OH excluding ortho intramolecular Hbond substituents is 1. The fraction of sp³-hybridized carbons (Fsp3) is 0.158. The molecule has 2 aromatic rings. The fourth-order valence-electron chi connectivity index (χ4n) is 1.96. The maximum atomic E-state index is 11.9. The number of phenols is 1. The molecular weight excluding hydrogens is 336 g/mol. The van der Waals surface area contributed by atoms with Crippen molar-refractivity contribution >= 4 is 24.9 Å². The van der Waals surface area contributed by atoms with Crippen molar-refractivity contribution in [3.8, 4) is 11.5 Å². The van der Waals surface area contributed by atoms with Gasteiger partial charge in [0.15, 0.2) is 0 Å². The van der Waals surface area contributed by atoms with Gasteiger partial charge in [-0.2, -0.15) is 10.2 Å². The summed E-state index contributed by atoms with van der Waals surface area (Å²) >= 11 is 0. The van der Waals surface area contributed by atoms with E-state index in [1.165, 1.54) is 24.6 Å². The van der Waals surface area contributed by atoms with Crippen LogP contribution in [0.25, 0.3) is 0 Å². The summed E-state index contributed by atoms with van der Waals surface area (Å²) in [6.45, 7) is 2.53. The molecule has 0 spiro atoms. The van der Waals surface area contributed by atoms with E-state index in [0.29, 0.717) is 24.2 Å². The van der Waals surface area contributed by atoms with E-state index in [1.807, 2.05) is 6.92 Å². The molecule has 0 aliphatic heterocycles. The van der Waals surface area contributed by atoms with Gasteiger partial charge >= 0.3 is 5.97 Å². The van der Waals surface area contributed by atoms with Gasteiger partial charge in [0.25, 0.3) is 6.47 Å². The second kappa shape index (κ2) is 9.73. The average molecular weight is 354 g/mol. The molecule has 0 aromatic heterocycles. The zero-order chi connectivity index (χ0) is 18.8. The molecule has 0 amide bonds. The molecule has 7 heteroatoms. The van der Waals surface area contributed by atoms with Crippen molar-refractivity contribution in [2.75, 3.05) is 6.61 Å². The number of esters is 1. The van der Waals surface area contributed by atoms with Gasteiger partial charge in [-0.25, -0.2) is 4.79 Å². The number of hydrogen-bond acceptors (Lipinski definition) is 7. The Morgan fingerprint density at radius 1 is 1.08 bits per heavy atom. The number of carbonyl (C=O) groups is 2. The Hall–Kier alpha value is -3.48. The molecule has 0 aliphatic carbocycles. The zero-order valence-electron chi connectivity index (χ0n) is 14.2. The van der Waals surface area contributed by atoms with E-state index >= 15 is 0 Å². The van der Waals surface area contributed by atoms with Crippen molar-refractivity contribution in [1.82, 2.24) is 0 Å². The van der Waals surface area contributed by atoms with E-state index in [-0.39, 0.29) is 17.9 Å². The lowest BCUT2D eigenvalue weighted by Crippen LogP contribution is -2.06. The first-order chi connectivity index (χ1) is 12.6. The van der Waals surface area contributed by atoms with E-state index in [0.717, 1.165) is 5.56 Å². The summed E-state index contributed by atoms with van der Waals surface area (Å²) in [7, 11) is 0. The van der Waals surface area contributed by atoms with Gasteiger partial charge in [0, 0.05) is 0 Å². The van der Waals surface area contributed by atoms with Gasteiger partial charge in [0.1, 0.15) is 17.1 Å². The van der Waals surface area contributed by atoms with Gasteiger partial charge in [-0.05, 0) is 60.0 Å². The first-order valence-electron chi connectivity index (χ1n) is 7.91. The van der Waals surface area contributed by atoms with E-state index in [2.05, 4.69) is 10.2 Å². The van der Waals surface area contributed by atoms with Gasteiger partial charge in [-0.15, -0.1) is 0 Å². The van der Waals surface area contributed by atoms with Crippen LogP contribution in [0.5, 0.6) is 11.5 Å². The van der Waals surface area contributed by atoms with Crippen molar-refractivity contribution in [3.05, 3.63) is 59.2 Å². The number of benzene rings is 2. The minimum Gasteiger partial charge on any atom is -0.507 e. The van der Waals surface area contributed by atoms with Gasteiger partial charge in [0.05, 0.1) is 19.0 Å². The molecule has 2 rings (SSSR count). The molecule has 134 valence electrons. The van der Waals surface area contributed by atoms with Gasteiger partial charge < -0.3 is 14.6 Å². The summed E-state index contributed by atoms with van der Waals surface area (Å²) in [6, 6.07) is 11.2. The normalized spacial score (nSPS) is 11.0. The van der Waals surface area contributed by atoms with Crippen LogP contribution in [0.2, 0.25) is 0 Å². The molecule has 0 heterocycles. The zero-order valence-corrected chi connectivity index (χ0v) is 14.2. The van der Waals surface area contributed by atoms with Gasteiger partial charge in [-0.1, -0.05) is 6.92 Å². The second-order valence-electron chi connectivity index (χ2n) is 5.18. The van der Waals surface area contributed by atoms with Crippen LogP contribution in [-0.4, -0.2) is 36.6 Å². The summed E-state index contributed by atoms with van der Waals surface area (Å²) in [6.07, 6.45) is 3.68. The largest absolute Gasteiger partial charge is 0.507 e. The lowest BCUT2D eigenvalue weighted by molar-refractivity contribution is -0.120. The summed E-state index contributed by atoms with van der Waals surface area (Å²) in [5, 5.41) is 17.6. The molecule has 26 heavy (non-hydrogen) atoms. The van der Waals surface area contributed by atoms with Crippen LogP contribution in [0, 0.1) is 0 Å². The maximum absolute atomic E-state index is 11.9. The third-order valence-electron chi connectivity index (χ3n) is 3.22. The van der Waals surface area contributed by atoms with E-state index in [9.17, 15) is 14.7 Å². The number of ether oxygens (including phenoxy) is 2. The van der Waals surface area contributed by atoms with Crippen LogP contribution >= 0.6 is 0 Å². The summed E-state index contributed by atoms with van der Waals surface area (Å²) < 4.78 is 9.71. The smallest absolute Gasteiger partial charge is 0.341 e. The third-order valence-corrected chi connectivity index (χ3v) is 3.22. The van der Waals surface area contributed by atoms with Crippen molar-refractivity contribution < 1.29 is 24.2 Å². The van der Waals surface area contributed by atoms with Crippen molar-refractivity contribution in [3.63, 3.8) is 0 Å². The van der Waals surface area contributed by atoms with Crippen molar-refractivity contribution in [2.45, 2.75) is 13.3 Å². The lowest BCUT2D eigenvalue weighted by atomic mass is 10.1. The molecule has 1 N–H and O–H groups in total. The number of carbonyl (C=O) groups excluding carboxylic acids is 2. The fourth-order valence-corrected chi connectivity index (χ4v) is 1.96. The first-order valence-corrected chi connectivity index (χ1v) is 7.91. The second-order valence-corrected chi connectivity index (χ2v) is 5.18. The van der Waals surface area contributed by atoms with Crippen LogP contribution < -0.4 is 4.74 Å². The predicted octanol–water partition coefficient (Wildman–Crippen LogP) is 2.95. The molecule has 0 bridgehead atoms. The number of rotatable bonds is 8. The standard InChI is InChI=1S/C19H18N2O5/c1-2-9-25-19(24)17-10-15(5-8-18(17)23)12-21-20-11-14-3-6-16(7-4-14)26-13-22/h3-8,10-13,23H,2,9H2,1H3. The summed E-state index contributed by atoms with van der Waals surface area (Å²) in [5.74, 6) is -0.294. The van der Waals surface area contributed by atoms with Crippen LogP contribution in [0.4, 0.5) is 0 Å². The van der Waals surface area contributed by atoms with Crippen molar-refractivity contribution in [1.29, 1.82) is 0 Å². The Morgan fingerprint density at radius 2 is 1.73 bits per heavy atom. The van der Waals surface area contributed by atoms with Crippen LogP contribution in [0.15, 0.2) is 52.7 Å². The van der Waals surface area contributed by atoms with Crippen molar-refractivity contribution in [2.24, 2.45) is 10.2 Å². The summed E-state index contributed by atoms with van der Waals surface area (Å²) in [4.78, 5) is 22.1. The average Bonchev–Trinajstić information content (AvgIpc) is 2.66. The molecule has 7 nitrogen and oxygen atoms in total. The molecular formula is C19H18N2O5. The molecule has 0 radical (unpaired) electrons. The highest BCUT2D eigenvalue weighted by Gasteiger charge is 2.12. The minimum absolute atomic E-state index is 0.0807. The highest BCUT2D eigenvalue weighted by Crippen LogP contribution is 2.19. The Kier molecular flexibility index (Phi) is 7.05. The molecule has 0 unspecified atom stereocenters. The number of nitrogens with zero attached hydrogens (tertiary/aromatic N) is 2. The molecule has 0 saturated heterocycles. The van der Waals surface area contributed by atoms with E-state index < -0.39 is 5.97 Å². The van der Waals surface area contributed by atoms with Gasteiger partial charge in [0.2, 0.25) is 0 Å². The third kappa shape index (κ3) is 5.55. The summed E-state index contributed by atoms with van der Waals surface area (Å²) in [5.41, 5.74) is 1.45. The van der Waals surface area contributed by atoms with E-state index in [1.54, 1.807) is 30.3 Å². The number of aromatic hydroxyl groups is 1. The minimum atomic E-state index is -0.583. The highest BCUT2D eigenvalue weighted by molar-refractivity contribution is 5.95. The molecule has 0 fully saturated rings.